The zero-order valence-electron chi connectivity index (χ0n) is 9.15. The van der Waals surface area contributed by atoms with Gasteiger partial charge in [0.25, 0.3) is 5.91 Å². The molecule has 1 amide bonds. The van der Waals surface area contributed by atoms with Gasteiger partial charge in [-0.15, -0.1) is 0 Å². The first-order chi connectivity index (χ1) is 8.58. The summed E-state index contributed by atoms with van der Waals surface area (Å²) in [4.78, 5) is 15.8. The van der Waals surface area contributed by atoms with Gasteiger partial charge in [-0.2, -0.15) is 0 Å². The molecule has 0 aliphatic heterocycles. The Morgan fingerprint density at radius 3 is 2.89 bits per heavy atom. The Hall–Kier alpha value is -2.14. The van der Waals surface area contributed by atoms with Gasteiger partial charge in [0.15, 0.2) is 0 Å². The molecule has 2 rings (SSSR count). The van der Waals surface area contributed by atoms with Gasteiger partial charge in [0.05, 0.1) is 11.3 Å². The monoisotopic (exact) mass is 265 g/mol. The highest BCUT2D eigenvalue weighted by Gasteiger charge is 2.13. The van der Waals surface area contributed by atoms with Crippen LogP contribution in [0.15, 0.2) is 36.5 Å². The van der Waals surface area contributed by atoms with Crippen molar-refractivity contribution in [2.75, 3.05) is 11.1 Å². The molecule has 0 unspecified atom stereocenters. The van der Waals surface area contributed by atoms with Crippen molar-refractivity contribution in [3.63, 3.8) is 0 Å². The van der Waals surface area contributed by atoms with Crippen LogP contribution in [-0.2, 0) is 0 Å². The Labute approximate surface area is 108 Å². The Kier molecular flexibility index (Phi) is 3.43. The fourth-order valence-electron chi connectivity index (χ4n) is 1.39. The third-order valence-corrected chi connectivity index (χ3v) is 2.50. The number of benzene rings is 1. The van der Waals surface area contributed by atoms with Gasteiger partial charge in [-0.05, 0) is 24.3 Å². The second-order valence-electron chi connectivity index (χ2n) is 3.51. The summed E-state index contributed by atoms with van der Waals surface area (Å²) in [5.74, 6) is -0.903. The molecule has 0 saturated heterocycles. The minimum atomic E-state index is -0.637. The van der Waals surface area contributed by atoms with Gasteiger partial charge < -0.3 is 11.1 Å². The minimum Gasteiger partial charge on any atom is -0.396 e. The van der Waals surface area contributed by atoms with Crippen LogP contribution in [0, 0.1) is 5.82 Å². The van der Waals surface area contributed by atoms with Crippen LogP contribution in [0.4, 0.5) is 15.9 Å². The highest BCUT2D eigenvalue weighted by Crippen LogP contribution is 2.18. The molecule has 0 spiro atoms. The molecular weight excluding hydrogens is 257 g/mol. The van der Waals surface area contributed by atoms with Gasteiger partial charge in [0.1, 0.15) is 11.6 Å². The Morgan fingerprint density at radius 2 is 2.17 bits per heavy atom. The molecule has 3 N–H and O–H groups in total. The van der Waals surface area contributed by atoms with Crippen molar-refractivity contribution >= 4 is 29.0 Å². The molecule has 4 nitrogen and oxygen atoms in total. The van der Waals surface area contributed by atoms with Crippen molar-refractivity contribution in [3.05, 3.63) is 52.9 Å². The van der Waals surface area contributed by atoms with Crippen LogP contribution in [0.5, 0.6) is 0 Å². The van der Waals surface area contributed by atoms with Gasteiger partial charge in [0.2, 0.25) is 0 Å². The van der Waals surface area contributed by atoms with E-state index in [9.17, 15) is 9.18 Å². The van der Waals surface area contributed by atoms with Crippen molar-refractivity contribution in [3.8, 4) is 0 Å². The zero-order valence-corrected chi connectivity index (χ0v) is 9.91. The van der Waals surface area contributed by atoms with E-state index in [1.165, 1.54) is 30.5 Å². The molecule has 0 bridgehead atoms. The van der Waals surface area contributed by atoms with E-state index in [-0.39, 0.29) is 17.1 Å². The number of halogens is 2. The molecular formula is C12H9ClFN3O. The molecule has 0 aliphatic rings. The summed E-state index contributed by atoms with van der Waals surface area (Å²) in [5, 5.41) is 2.92. The third kappa shape index (κ3) is 2.57. The molecule has 0 atom stereocenters. The summed E-state index contributed by atoms with van der Waals surface area (Å²) in [5.41, 5.74) is 5.34. The van der Waals surface area contributed by atoms with Gasteiger partial charge in [-0.3, -0.25) is 4.79 Å². The molecule has 0 saturated carbocycles. The molecule has 18 heavy (non-hydrogen) atoms. The van der Waals surface area contributed by atoms with Gasteiger partial charge in [-0.1, -0.05) is 17.7 Å². The van der Waals surface area contributed by atoms with Gasteiger partial charge in [-0.25, -0.2) is 9.37 Å². The first kappa shape index (κ1) is 12.3. The predicted molar refractivity (Wildman–Crippen MR) is 68.0 cm³/mol. The number of nitrogens with two attached hydrogens (primary N) is 1. The number of pyridine rings is 1. The number of carbonyl (C=O) groups is 1. The highest BCUT2D eigenvalue weighted by molar-refractivity contribution is 6.30. The number of rotatable bonds is 2. The lowest BCUT2D eigenvalue weighted by atomic mass is 10.1. The van der Waals surface area contributed by atoms with Crippen molar-refractivity contribution in [2.24, 2.45) is 0 Å². The summed E-state index contributed by atoms with van der Waals surface area (Å²) < 4.78 is 13.2. The van der Waals surface area contributed by atoms with Crippen LogP contribution in [0.2, 0.25) is 5.02 Å². The lowest BCUT2D eigenvalue weighted by Gasteiger charge is -2.07. The maximum absolute atomic E-state index is 13.2. The first-order valence-electron chi connectivity index (χ1n) is 5.05. The summed E-state index contributed by atoms with van der Waals surface area (Å²) in [6, 6.07) is 7.08. The summed E-state index contributed by atoms with van der Waals surface area (Å²) in [6.45, 7) is 0. The number of anilines is 2. The van der Waals surface area contributed by atoms with E-state index >= 15 is 0 Å². The van der Waals surface area contributed by atoms with Crippen molar-refractivity contribution in [2.45, 2.75) is 0 Å². The van der Waals surface area contributed by atoms with Crippen LogP contribution in [0.3, 0.4) is 0 Å². The molecule has 1 heterocycles. The third-order valence-electron chi connectivity index (χ3n) is 2.26. The molecule has 1 aromatic heterocycles. The number of hydrogen-bond donors (Lipinski definition) is 2. The Morgan fingerprint density at radius 1 is 1.39 bits per heavy atom. The number of hydrogen-bond acceptors (Lipinski definition) is 3. The number of para-hydroxylation sites is 1. The summed E-state index contributed by atoms with van der Waals surface area (Å²) >= 11 is 5.75. The zero-order chi connectivity index (χ0) is 13.1. The predicted octanol–water partition coefficient (Wildman–Crippen LogP) is 2.71. The van der Waals surface area contributed by atoms with E-state index in [0.29, 0.717) is 5.02 Å². The number of nitrogens with zero attached hydrogens (tertiary/aromatic N) is 1. The van der Waals surface area contributed by atoms with E-state index in [1.54, 1.807) is 6.07 Å². The van der Waals surface area contributed by atoms with Gasteiger partial charge >= 0.3 is 0 Å². The molecule has 0 aliphatic carbocycles. The first-order valence-corrected chi connectivity index (χ1v) is 5.42. The number of nitrogen functional groups attached to an aromatic ring is 1. The summed E-state index contributed by atoms with van der Waals surface area (Å²) in [7, 11) is 0. The fraction of sp³-hybridized carbons (Fsp3) is 0. The smallest absolute Gasteiger partial charge is 0.259 e. The molecule has 2 aromatic rings. The van der Waals surface area contributed by atoms with E-state index in [2.05, 4.69) is 10.3 Å². The number of nitrogens with one attached hydrogen (secondary N) is 1. The number of carbonyl (C=O) groups excluding carboxylic acids is 1. The average molecular weight is 266 g/mol. The molecule has 6 heteroatoms. The Bertz CT molecular complexity index is 604. The van der Waals surface area contributed by atoms with E-state index in [0.717, 1.165) is 0 Å². The average Bonchev–Trinajstić information content (AvgIpc) is 2.32. The van der Waals surface area contributed by atoms with Gasteiger partial charge in [0, 0.05) is 11.2 Å². The standard InChI is InChI=1S/C12H9ClFN3O/c13-7-4-5-16-10(6-7)17-12(18)8-2-1-3-9(14)11(8)15/h1-6H,15H2,(H,16,17,18). The number of aromatic nitrogens is 1. The second kappa shape index (κ2) is 5.01. The van der Waals surface area contributed by atoms with E-state index in [4.69, 9.17) is 17.3 Å². The minimum absolute atomic E-state index is 0.0526. The fourth-order valence-corrected chi connectivity index (χ4v) is 1.55. The lowest BCUT2D eigenvalue weighted by Crippen LogP contribution is -2.15. The maximum atomic E-state index is 13.2. The molecule has 0 fully saturated rings. The molecule has 0 radical (unpaired) electrons. The van der Waals surface area contributed by atoms with Crippen molar-refractivity contribution < 1.29 is 9.18 Å². The summed E-state index contributed by atoms with van der Waals surface area (Å²) in [6.07, 6.45) is 1.45. The van der Waals surface area contributed by atoms with Crippen LogP contribution >= 0.6 is 11.6 Å². The quantitative estimate of drug-likeness (QED) is 0.821. The Balaban J connectivity index is 2.25. The van der Waals surface area contributed by atoms with Crippen molar-refractivity contribution in [1.29, 1.82) is 0 Å². The van der Waals surface area contributed by atoms with Crippen LogP contribution in [0.1, 0.15) is 10.4 Å². The van der Waals surface area contributed by atoms with Crippen LogP contribution in [-0.4, -0.2) is 10.9 Å². The maximum Gasteiger partial charge on any atom is 0.259 e. The number of amides is 1. The van der Waals surface area contributed by atoms with Crippen molar-refractivity contribution in [1.82, 2.24) is 4.98 Å². The topological polar surface area (TPSA) is 68.0 Å². The molecule has 1 aromatic carbocycles. The molecule has 92 valence electrons. The lowest BCUT2D eigenvalue weighted by molar-refractivity contribution is 0.102. The van der Waals surface area contributed by atoms with E-state index in [1.807, 2.05) is 0 Å². The SMILES string of the molecule is Nc1c(F)cccc1C(=O)Nc1cc(Cl)ccn1. The normalized spacial score (nSPS) is 10.1. The van der Waals surface area contributed by atoms with Crippen LogP contribution in [0.25, 0.3) is 0 Å². The van der Waals surface area contributed by atoms with E-state index < -0.39 is 11.7 Å². The second-order valence-corrected chi connectivity index (χ2v) is 3.95. The highest BCUT2D eigenvalue weighted by atomic mass is 35.5. The van der Waals surface area contributed by atoms with Crippen LogP contribution < -0.4 is 11.1 Å². The largest absolute Gasteiger partial charge is 0.396 e.